The highest BCUT2D eigenvalue weighted by Crippen LogP contribution is 2.40. The van der Waals surface area contributed by atoms with Gasteiger partial charge in [-0.1, -0.05) is 11.6 Å². The van der Waals surface area contributed by atoms with Crippen molar-refractivity contribution in [2.24, 2.45) is 0 Å². The lowest BCUT2D eigenvalue weighted by Gasteiger charge is -2.09. The molecule has 0 radical (unpaired) electrons. The number of halogens is 2. The number of aryl methyl sites for hydroxylation is 1. The number of carbonyl (C=O) groups is 1. The van der Waals surface area contributed by atoms with Crippen molar-refractivity contribution < 1.29 is 28.1 Å². The minimum atomic E-state index is -0.913. The Morgan fingerprint density at radius 3 is 2.69 bits per heavy atom. The molecule has 5 aromatic rings. The summed E-state index contributed by atoms with van der Waals surface area (Å²) in [4.78, 5) is 29.4. The van der Waals surface area contributed by atoms with Crippen LogP contribution in [0.1, 0.15) is 11.3 Å². The number of nitrogens with two attached hydrogens (primary N) is 1. The van der Waals surface area contributed by atoms with Crippen LogP contribution in [0.3, 0.4) is 0 Å². The average Bonchev–Trinajstić information content (AvgIpc) is 3.36. The lowest BCUT2D eigenvalue weighted by atomic mass is 10.1. The van der Waals surface area contributed by atoms with Crippen LogP contribution in [0.5, 0.6) is 11.6 Å². The Hall–Kier alpha value is -4.29. The molecular weight excluding hydrogens is 549 g/mol. The maximum atomic E-state index is 15.0. The molecule has 0 saturated carbocycles. The molecule has 0 unspecified atom stereocenters. The number of anilines is 1. The molecular formula is C26H21ClFN5O5S. The second-order valence-corrected chi connectivity index (χ2v) is 9.69. The minimum absolute atomic E-state index is 0.0794. The Kier molecular flexibility index (Phi) is 7.57. The smallest absolute Gasteiger partial charge is 0.487 e. The number of hydrogen-bond acceptors (Lipinski definition) is 11. The van der Waals surface area contributed by atoms with Crippen molar-refractivity contribution >= 4 is 56.0 Å². The van der Waals surface area contributed by atoms with E-state index >= 15 is 0 Å². The van der Waals surface area contributed by atoms with Crippen molar-refractivity contribution in [1.82, 2.24) is 19.9 Å². The van der Waals surface area contributed by atoms with Crippen molar-refractivity contribution in [3.63, 3.8) is 0 Å². The Labute approximate surface area is 230 Å². The van der Waals surface area contributed by atoms with E-state index in [2.05, 4.69) is 19.9 Å². The number of benzene rings is 2. The van der Waals surface area contributed by atoms with E-state index in [1.807, 2.05) is 19.1 Å². The van der Waals surface area contributed by atoms with Crippen LogP contribution in [-0.4, -0.2) is 46.4 Å². The summed E-state index contributed by atoms with van der Waals surface area (Å²) in [6.07, 6.45) is 2.07. The maximum Gasteiger partial charge on any atom is 0.508 e. The first-order valence-electron chi connectivity index (χ1n) is 11.6. The zero-order chi connectivity index (χ0) is 27.5. The highest BCUT2D eigenvalue weighted by molar-refractivity contribution is 7.21. The van der Waals surface area contributed by atoms with Gasteiger partial charge in [0.1, 0.15) is 35.4 Å². The normalized spacial score (nSPS) is 11.1. The summed E-state index contributed by atoms with van der Waals surface area (Å²) in [5, 5.41) is 0.421. The van der Waals surface area contributed by atoms with Crippen LogP contribution in [0.25, 0.3) is 31.8 Å². The molecule has 39 heavy (non-hydrogen) atoms. The van der Waals surface area contributed by atoms with Crippen molar-refractivity contribution in [2.75, 3.05) is 26.1 Å². The topological polar surface area (TPSA) is 132 Å². The summed E-state index contributed by atoms with van der Waals surface area (Å²) in [6.45, 7) is 1.56. The third-order valence-electron chi connectivity index (χ3n) is 5.49. The highest BCUT2D eigenvalue weighted by Gasteiger charge is 2.20. The van der Waals surface area contributed by atoms with Crippen molar-refractivity contribution in [1.29, 1.82) is 0 Å². The van der Waals surface area contributed by atoms with E-state index in [9.17, 15) is 9.18 Å². The van der Waals surface area contributed by atoms with Gasteiger partial charge in [0, 0.05) is 11.6 Å². The van der Waals surface area contributed by atoms with Crippen molar-refractivity contribution in [2.45, 2.75) is 13.5 Å². The molecule has 10 nitrogen and oxygen atoms in total. The van der Waals surface area contributed by atoms with Crippen LogP contribution < -0.4 is 15.2 Å². The molecule has 0 aliphatic rings. The van der Waals surface area contributed by atoms with Gasteiger partial charge >= 0.3 is 6.16 Å². The first-order chi connectivity index (χ1) is 18.8. The van der Waals surface area contributed by atoms with E-state index < -0.39 is 12.0 Å². The Morgan fingerprint density at radius 2 is 1.92 bits per heavy atom. The predicted octanol–water partition coefficient (Wildman–Crippen LogP) is 5.73. The molecule has 3 aromatic heterocycles. The maximum absolute atomic E-state index is 15.0. The van der Waals surface area contributed by atoms with E-state index in [0.717, 1.165) is 11.1 Å². The monoisotopic (exact) mass is 569 g/mol. The number of hydrogen-bond donors (Lipinski definition) is 1. The molecule has 0 atom stereocenters. The number of ether oxygens (including phenoxy) is 4. The largest absolute Gasteiger partial charge is 0.508 e. The van der Waals surface area contributed by atoms with Crippen LogP contribution >= 0.6 is 22.9 Å². The molecule has 0 saturated heterocycles. The Morgan fingerprint density at radius 1 is 1.08 bits per heavy atom. The van der Waals surface area contributed by atoms with Gasteiger partial charge in [-0.15, -0.1) is 11.3 Å². The quantitative estimate of drug-likeness (QED) is 0.182. The van der Waals surface area contributed by atoms with Crippen LogP contribution in [0, 0.1) is 12.7 Å². The second kappa shape index (κ2) is 11.2. The zero-order valence-electron chi connectivity index (χ0n) is 20.7. The van der Waals surface area contributed by atoms with Crippen LogP contribution in [0.15, 0.2) is 42.7 Å². The summed E-state index contributed by atoms with van der Waals surface area (Å²) in [5.74, 6) is -0.465. The molecule has 2 aromatic carbocycles. The third kappa shape index (κ3) is 5.76. The molecule has 0 spiro atoms. The molecule has 5 rings (SSSR count). The van der Waals surface area contributed by atoms with E-state index in [1.165, 1.54) is 36.9 Å². The van der Waals surface area contributed by atoms with E-state index in [-0.39, 0.29) is 30.6 Å². The van der Waals surface area contributed by atoms with Gasteiger partial charge in [-0.25, -0.2) is 24.1 Å². The molecule has 3 heterocycles. The number of pyridine rings is 1. The van der Waals surface area contributed by atoms with Gasteiger partial charge in [-0.2, -0.15) is 0 Å². The van der Waals surface area contributed by atoms with E-state index in [4.69, 9.17) is 36.3 Å². The highest BCUT2D eigenvalue weighted by atomic mass is 35.5. The van der Waals surface area contributed by atoms with Gasteiger partial charge in [0.15, 0.2) is 11.6 Å². The van der Waals surface area contributed by atoms with Gasteiger partial charge in [0.2, 0.25) is 5.88 Å². The molecule has 200 valence electrons. The molecule has 0 aliphatic carbocycles. The molecule has 0 bridgehead atoms. The van der Waals surface area contributed by atoms with E-state index in [0.29, 0.717) is 43.5 Å². The molecule has 0 amide bonds. The Bertz CT molecular complexity index is 1680. The first kappa shape index (κ1) is 26.3. The van der Waals surface area contributed by atoms with Crippen molar-refractivity contribution in [3.05, 3.63) is 64.8 Å². The van der Waals surface area contributed by atoms with Gasteiger partial charge < -0.3 is 24.7 Å². The zero-order valence-corrected chi connectivity index (χ0v) is 22.3. The molecule has 2 N–H and O–H groups in total. The van der Waals surface area contributed by atoms with E-state index in [1.54, 1.807) is 12.1 Å². The molecule has 0 fully saturated rings. The van der Waals surface area contributed by atoms with Crippen LogP contribution in [-0.2, 0) is 16.1 Å². The SMILES string of the molecule is COc1cnc2c(-c3nc4c(Cl)c(F)c(OCCOC(=O)OCc5ccc(N)cn5)cc4s3)cc(C)cc2n1. The summed E-state index contributed by atoms with van der Waals surface area (Å²) in [6, 6.07) is 8.61. The number of nitrogen functional groups attached to an aromatic ring is 1. The number of nitrogens with zero attached hydrogens (tertiary/aromatic N) is 4. The van der Waals surface area contributed by atoms with Gasteiger partial charge in [-0.3, -0.25) is 4.98 Å². The van der Waals surface area contributed by atoms with Crippen molar-refractivity contribution in [3.8, 4) is 22.2 Å². The number of thiazole rings is 1. The van der Waals surface area contributed by atoms with Gasteiger partial charge in [-0.05, 0) is 36.8 Å². The minimum Gasteiger partial charge on any atom is -0.487 e. The number of fused-ring (bicyclic) bond motifs is 2. The predicted molar refractivity (Wildman–Crippen MR) is 145 cm³/mol. The second-order valence-electron chi connectivity index (χ2n) is 8.28. The van der Waals surface area contributed by atoms with Crippen LogP contribution in [0.4, 0.5) is 14.9 Å². The number of rotatable bonds is 8. The summed E-state index contributed by atoms with van der Waals surface area (Å²) >= 11 is 7.63. The fourth-order valence-electron chi connectivity index (χ4n) is 3.68. The number of methoxy groups -OCH3 is 1. The Balaban J connectivity index is 1.28. The fourth-order valence-corrected chi connectivity index (χ4v) is 5.00. The first-order valence-corrected chi connectivity index (χ1v) is 12.7. The van der Waals surface area contributed by atoms with Crippen LogP contribution in [0.2, 0.25) is 5.02 Å². The van der Waals surface area contributed by atoms with Gasteiger partial charge in [0.25, 0.3) is 0 Å². The molecule has 13 heteroatoms. The molecule has 0 aliphatic heterocycles. The summed E-state index contributed by atoms with van der Waals surface area (Å²) < 4.78 is 36.2. The van der Waals surface area contributed by atoms with Gasteiger partial charge in [0.05, 0.1) is 46.6 Å². The number of carbonyl (C=O) groups excluding carboxylic acids is 1. The lowest BCUT2D eigenvalue weighted by molar-refractivity contribution is 0.0402. The summed E-state index contributed by atoms with van der Waals surface area (Å²) in [5.41, 5.74) is 9.84. The lowest BCUT2D eigenvalue weighted by Crippen LogP contribution is -2.14. The fraction of sp³-hybridized carbons (Fsp3) is 0.192. The number of aromatic nitrogens is 4. The summed E-state index contributed by atoms with van der Waals surface area (Å²) in [7, 11) is 1.52. The third-order valence-corrected chi connectivity index (χ3v) is 6.87. The standard InChI is InChI=1S/C26H21ClFN5O5S/c1-13-7-16(23-17(8-13)32-20(35-2)11-31-23)25-33-24-19(39-25)9-18(22(28)21(24)27)36-5-6-37-26(34)38-12-15-4-3-14(29)10-30-15/h3-4,7-11H,5-6,12,29H2,1-2H3. The average molecular weight is 570 g/mol.